The van der Waals surface area contributed by atoms with Crippen molar-refractivity contribution < 1.29 is 4.79 Å². The molecule has 0 atom stereocenters. The van der Waals surface area contributed by atoms with Gasteiger partial charge in [-0.3, -0.25) is 9.78 Å². The zero-order chi connectivity index (χ0) is 14.8. The molecular weight excluding hydrogens is 286 g/mol. The molecule has 1 saturated carbocycles. The Hall–Kier alpha value is -1.68. The first-order valence-electron chi connectivity index (χ1n) is 7.38. The molecule has 0 bridgehead atoms. The first-order chi connectivity index (χ1) is 10.1. The highest BCUT2D eigenvalue weighted by Crippen LogP contribution is 2.29. The number of hydrogen-bond donors (Lipinski definition) is 1. The molecule has 0 spiro atoms. The van der Waals surface area contributed by atoms with E-state index in [1.165, 1.54) is 19.3 Å². The van der Waals surface area contributed by atoms with E-state index in [2.05, 4.69) is 15.3 Å². The molecule has 3 rings (SSSR count). The van der Waals surface area contributed by atoms with Gasteiger partial charge in [-0.15, -0.1) is 0 Å². The van der Waals surface area contributed by atoms with Gasteiger partial charge in [0, 0.05) is 12.2 Å². The van der Waals surface area contributed by atoms with Crippen LogP contribution in [0.5, 0.6) is 0 Å². The predicted octanol–water partition coefficient (Wildman–Crippen LogP) is 4.23. The number of carbonyl (C=O) groups excluding carboxylic acids is 1. The Morgan fingerprint density at radius 1 is 1.29 bits per heavy atom. The van der Waals surface area contributed by atoms with Crippen molar-refractivity contribution in [3.63, 3.8) is 0 Å². The lowest BCUT2D eigenvalue weighted by molar-refractivity contribution is 0.101. The maximum absolute atomic E-state index is 11.9. The van der Waals surface area contributed by atoms with Gasteiger partial charge in [0.1, 0.15) is 10.7 Å². The number of rotatable bonds is 3. The molecule has 21 heavy (non-hydrogen) atoms. The number of pyridine rings is 2. The third kappa shape index (κ3) is 3.00. The van der Waals surface area contributed by atoms with E-state index in [4.69, 9.17) is 11.6 Å². The molecule has 2 aromatic rings. The molecule has 0 aliphatic heterocycles. The molecule has 4 nitrogen and oxygen atoms in total. The van der Waals surface area contributed by atoms with Crippen molar-refractivity contribution in [2.75, 3.05) is 5.32 Å². The molecule has 1 fully saturated rings. The summed E-state index contributed by atoms with van der Waals surface area (Å²) in [7, 11) is 0. The molecule has 0 radical (unpaired) electrons. The number of fused-ring (bicyclic) bond motifs is 1. The monoisotopic (exact) mass is 303 g/mol. The highest BCUT2D eigenvalue weighted by molar-refractivity contribution is 6.29. The number of halogens is 1. The van der Waals surface area contributed by atoms with Gasteiger partial charge in [-0.05, 0) is 31.9 Å². The van der Waals surface area contributed by atoms with Crippen LogP contribution in [-0.2, 0) is 0 Å². The fourth-order valence-electron chi connectivity index (χ4n) is 2.91. The average Bonchev–Trinajstić information content (AvgIpc) is 2.48. The predicted molar refractivity (Wildman–Crippen MR) is 85.0 cm³/mol. The van der Waals surface area contributed by atoms with E-state index >= 15 is 0 Å². The second kappa shape index (κ2) is 5.98. The number of aromatic nitrogens is 2. The Morgan fingerprint density at radius 2 is 2.05 bits per heavy atom. The number of hydrogen-bond acceptors (Lipinski definition) is 4. The molecule has 1 aliphatic rings. The van der Waals surface area contributed by atoms with E-state index in [-0.39, 0.29) is 5.78 Å². The molecule has 1 aliphatic carbocycles. The van der Waals surface area contributed by atoms with E-state index in [0.717, 1.165) is 24.0 Å². The smallest absolute Gasteiger partial charge is 0.163 e. The normalized spacial score (nSPS) is 16.1. The van der Waals surface area contributed by atoms with Gasteiger partial charge in [0.05, 0.1) is 16.8 Å². The van der Waals surface area contributed by atoms with Crippen molar-refractivity contribution in [3.8, 4) is 0 Å². The Kier molecular flexibility index (Phi) is 4.06. The van der Waals surface area contributed by atoms with Crippen LogP contribution in [0.15, 0.2) is 18.3 Å². The molecule has 0 unspecified atom stereocenters. The lowest BCUT2D eigenvalue weighted by Crippen LogP contribution is -2.23. The van der Waals surface area contributed by atoms with E-state index in [0.29, 0.717) is 22.3 Å². The number of nitrogens with one attached hydrogen (secondary N) is 1. The average molecular weight is 304 g/mol. The van der Waals surface area contributed by atoms with Crippen LogP contribution in [0.4, 0.5) is 5.69 Å². The summed E-state index contributed by atoms with van der Waals surface area (Å²) in [5.41, 5.74) is 2.80. The fourth-order valence-corrected chi connectivity index (χ4v) is 3.05. The van der Waals surface area contributed by atoms with Crippen molar-refractivity contribution in [3.05, 3.63) is 29.0 Å². The summed E-state index contributed by atoms with van der Waals surface area (Å²) in [6.07, 6.45) is 7.63. The van der Waals surface area contributed by atoms with Gasteiger partial charge in [0.25, 0.3) is 0 Å². The third-order valence-electron chi connectivity index (χ3n) is 4.01. The van der Waals surface area contributed by atoms with Crippen molar-refractivity contribution in [2.24, 2.45) is 0 Å². The van der Waals surface area contributed by atoms with E-state index in [1.807, 2.05) is 6.07 Å². The maximum Gasteiger partial charge on any atom is 0.163 e. The van der Waals surface area contributed by atoms with E-state index in [9.17, 15) is 4.79 Å². The van der Waals surface area contributed by atoms with Gasteiger partial charge in [-0.1, -0.05) is 30.9 Å². The van der Waals surface area contributed by atoms with Gasteiger partial charge in [-0.25, -0.2) is 4.98 Å². The van der Waals surface area contributed by atoms with Crippen LogP contribution >= 0.6 is 11.6 Å². The number of Topliss-reactive ketones (excluding diaryl/α,β-unsaturated/α-hetero) is 1. The maximum atomic E-state index is 11.9. The minimum Gasteiger partial charge on any atom is -0.380 e. The standard InChI is InChI=1S/C16H18ClN3O/c1-10(21)12-9-18-13-7-8-14(17)20-16(13)15(12)19-11-5-3-2-4-6-11/h7-9,11H,2-6H2,1H3,(H,18,19). The molecule has 2 aromatic heterocycles. The number of nitrogens with zero attached hydrogens (tertiary/aromatic N) is 2. The number of anilines is 1. The summed E-state index contributed by atoms with van der Waals surface area (Å²) < 4.78 is 0. The Morgan fingerprint density at radius 3 is 2.76 bits per heavy atom. The Balaban J connectivity index is 2.08. The highest BCUT2D eigenvalue weighted by atomic mass is 35.5. The largest absolute Gasteiger partial charge is 0.380 e. The molecule has 0 saturated heterocycles. The van der Waals surface area contributed by atoms with Crippen molar-refractivity contribution >= 4 is 34.1 Å². The zero-order valence-electron chi connectivity index (χ0n) is 12.0. The second-order valence-corrected chi connectivity index (χ2v) is 5.97. The summed E-state index contributed by atoms with van der Waals surface area (Å²) in [5, 5.41) is 3.93. The SMILES string of the molecule is CC(=O)c1cnc2ccc(Cl)nc2c1NC1CCCCC1. The topological polar surface area (TPSA) is 54.9 Å². The summed E-state index contributed by atoms with van der Waals surface area (Å²) in [4.78, 5) is 20.6. The van der Waals surface area contributed by atoms with Gasteiger partial charge in [0.2, 0.25) is 0 Å². The molecule has 0 amide bonds. The summed E-state index contributed by atoms with van der Waals surface area (Å²) >= 11 is 6.01. The van der Waals surface area contributed by atoms with Gasteiger partial charge < -0.3 is 5.32 Å². The van der Waals surface area contributed by atoms with Gasteiger partial charge >= 0.3 is 0 Å². The van der Waals surface area contributed by atoms with Crippen molar-refractivity contribution in [1.82, 2.24) is 9.97 Å². The molecule has 2 heterocycles. The van der Waals surface area contributed by atoms with Crippen LogP contribution in [0.2, 0.25) is 5.15 Å². The minimum atomic E-state index is -0.00974. The van der Waals surface area contributed by atoms with Crippen LogP contribution < -0.4 is 5.32 Å². The van der Waals surface area contributed by atoms with Gasteiger partial charge in [0.15, 0.2) is 5.78 Å². The number of carbonyl (C=O) groups is 1. The molecule has 5 heteroatoms. The molecule has 0 aromatic carbocycles. The van der Waals surface area contributed by atoms with E-state index < -0.39 is 0 Å². The zero-order valence-corrected chi connectivity index (χ0v) is 12.8. The first kappa shape index (κ1) is 14.3. The Labute approximate surface area is 128 Å². The fraction of sp³-hybridized carbons (Fsp3) is 0.438. The third-order valence-corrected chi connectivity index (χ3v) is 4.22. The number of ketones is 1. The second-order valence-electron chi connectivity index (χ2n) is 5.58. The van der Waals surface area contributed by atoms with E-state index in [1.54, 1.807) is 19.2 Å². The van der Waals surface area contributed by atoms with Crippen LogP contribution in [0.1, 0.15) is 49.4 Å². The molecule has 110 valence electrons. The van der Waals surface area contributed by atoms with Crippen LogP contribution in [-0.4, -0.2) is 21.8 Å². The minimum absolute atomic E-state index is 0.00974. The molecule has 1 N–H and O–H groups in total. The van der Waals surface area contributed by atoms with Crippen molar-refractivity contribution in [1.29, 1.82) is 0 Å². The quantitative estimate of drug-likeness (QED) is 0.681. The summed E-state index contributed by atoms with van der Waals surface area (Å²) in [6, 6.07) is 3.94. The van der Waals surface area contributed by atoms with Crippen molar-refractivity contribution in [2.45, 2.75) is 45.1 Å². The Bertz CT molecular complexity index is 681. The summed E-state index contributed by atoms with van der Waals surface area (Å²) in [6.45, 7) is 1.56. The first-order valence-corrected chi connectivity index (χ1v) is 7.75. The highest BCUT2D eigenvalue weighted by Gasteiger charge is 2.19. The molecular formula is C16H18ClN3O. The lowest BCUT2D eigenvalue weighted by Gasteiger charge is -2.25. The van der Waals surface area contributed by atoms with Gasteiger partial charge in [-0.2, -0.15) is 0 Å². The lowest BCUT2D eigenvalue weighted by atomic mass is 9.95. The van der Waals surface area contributed by atoms with Crippen LogP contribution in [0.3, 0.4) is 0 Å². The van der Waals surface area contributed by atoms with Crippen LogP contribution in [0, 0.1) is 0 Å². The summed E-state index contributed by atoms with van der Waals surface area (Å²) in [5.74, 6) is -0.00974. The van der Waals surface area contributed by atoms with Crippen LogP contribution in [0.25, 0.3) is 11.0 Å².